The molecule has 1 heterocycles. The zero-order valence-corrected chi connectivity index (χ0v) is 11.5. The van der Waals surface area contributed by atoms with Crippen LogP contribution in [-0.4, -0.2) is 35.2 Å². The molecule has 3 rings (SSSR count). The quantitative estimate of drug-likeness (QED) is 0.823. The van der Waals surface area contributed by atoms with E-state index in [1.165, 1.54) is 12.8 Å². The van der Waals surface area contributed by atoms with Crippen molar-refractivity contribution in [1.82, 2.24) is 4.90 Å². The molecule has 1 aromatic carbocycles. The molecular weight excluding hydrogens is 254 g/mol. The Balaban J connectivity index is 1.62. The number of nitrogens with zero attached hydrogens (tertiary/aromatic N) is 2. The van der Waals surface area contributed by atoms with E-state index in [1.807, 2.05) is 0 Å². The zero-order chi connectivity index (χ0) is 14.2. The normalized spacial score (nSPS) is 31.2. The predicted molar refractivity (Wildman–Crippen MR) is 77.6 cm³/mol. The highest BCUT2D eigenvalue weighted by Gasteiger charge is 2.46. The average molecular weight is 275 g/mol. The molecule has 5 nitrogen and oxygen atoms in total. The van der Waals surface area contributed by atoms with Crippen molar-refractivity contribution in [2.45, 2.75) is 30.9 Å². The van der Waals surface area contributed by atoms with Crippen molar-refractivity contribution < 1.29 is 5.11 Å². The van der Waals surface area contributed by atoms with E-state index in [2.05, 4.69) is 10.1 Å². The number of benzene rings is 1. The van der Waals surface area contributed by atoms with Gasteiger partial charge in [-0.1, -0.05) is 18.6 Å². The van der Waals surface area contributed by atoms with Gasteiger partial charge in [0.25, 0.3) is 0 Å². The van der Waals surface area contributed by atoms with Crippen LogP contribution in [0, 0.1) is 10.8 Å². The molecule has 5 heteroatoms. The van der Waals surface area contributed by atoms with Gasteiger partial charge in [-0.15, -0.1) is 4.91 Å². The maximum absolute atomic E-state index is 10.4. The van der Waals surface area contributed by atoms with Gasteiger partial charge in [0.05, 0.1) is 6.10 Å². The molecule has 1 aromatic rings. The molecule has 0 bridgehead atoms. The summed E-state index contributed by atoms with van der Waals surface area (Å²) in [5.74, 6) is 0.580. The Morgan fingerprint density at radius 3 is 2.85 bits per heavy atom. The van der Waals surface area contributed by atoms with Crippen molar-refractivity contribution in [3.8, 4) is 0 Å². The van der Waals surface area contributed by atoms with E-state index in [0.29, 0.717) is 18.2 Å². The van der Waals surface area contributed by atoms with Gasteiger partial charge in [-0.2, -0.15) is 0 Å². The van der Waals surface area contributed by atoms with Gasteiger partial charge < -0.3 is 10.8 Å². The van der Waals surface area contributed by atoms with Crippen LogP contribution in [0.4, 0.5) is 5.69 Å². The predicted octanol–water partition coefficient (Wildman–Crippen LogP) is 1.93. The minimum atomic E-state index is -0.543. The second-order valence-corrected chi connectivity index (χ2v) is 6.22. The topological polar surface area (TPSA) is 78.9 Å². The summed E-state index contributed by atoms with van der Waals surface area (Å²) < 4.78 is 0. The Bertz CT molecular complexity index is 490. The Labute approximate surface area is 118 Å². The van der Waals surface area contributed by atoms with Crippen molar-refractivity contribution in [2.75, 3.05) is 19.6 Å². The molecule has 2 fully saturated rings. The third-order valence-electron chi connectivity index (χ3n) is 4.82. The highest BCUT2D eigenvalue weighted by atomic mass is 16.3. The van der Waals surface area contributed by atoms with Gasteiger partial charge in [0, 0.05) is 25.2 Å². The minimum absolute atomic E-state index is 0.0367. The van der Waals surface area contributed by atoms with Gasteiger partial charge in [-0.05, 0) is 41.6 Å². The third-order valence-corrected chi connectivity index (χ3v) is 4.82. The smallest absolute Gasteiger partial charge is 0.108 e. The molecule has 2 aliphatic rings. The molecule has 0 aromatic heterocycles. The molecule has 0 unspecified atom stereocenters. The molecule has 3 atom stereocenters. The van der Waals surface area contributed by atoms with E-state index in [4.69, 9.17) is 5.73 Å². The van der Waals surface area contributed by atoms with Crippen LogP contribution >= 0.6 is 0 Å². The lowest BCUT2D eigenvalue weighted by Crippen LogP contribution is -2.44. The number of rotatable bonds is 4. The van der Waals surface area contributed by atoms with E-state index < -0.39 is 6.10 Å². The fourth-order valence-electron chi connectivity index (χ4n) is 3.69. The summed E-state index contributed by atoms with van der Waals surface area (Å²) in [5.41, 5.74) is 7.61. The third kappa shape index (κ3) is 2.49. The van der Waals surface area contributed by atoms with Crippen LogP contribution in [0.25, 0.3) is 0 Å². The molecule has 1 aliphatic heterocycles. The number of aliphatic hydroxyl groups excluding tert-OH is 1. The molecule has 20 heavy (non-hydrogen) atoms. The molecule has 0 spiro atoms. The van der Waals surface area contributed by atoms with Gasteiger partial charge in [0.15, 0.2) is 0 Å². The zero-order valence-electron chi connectivity index (χ0n) is 11.5. The Kier molecular flexibility index (Phi) is 3.58. The number of fused-ring (bicyclic) bond motifs is 1. The summed E-state index contributed by atoms with van der Waals surface area (Å²) >= 11 is 0. The standard InChI is InChI=1S/C15H21N3O2/c16-15-7-1-2-12(15)8-18(10-15)9-14(19)11-3-5-13(17-20)6-4-11/h3-6,12,14,19H,1-2,7-10,16H2/t12-,14-,15-/m0/s1. The van der Waals surface area contributed by atoms with E-state index in [-0.39, 0.29) is 5.54 Å². The summed E-state index contributed by atoms with van der Waals surface area (Å²) in [6.07, 6.45) is 3.00. The van der Waals surface area contributed by atoms with Gasteiger partial charge in [0.2, 0.25) is 0 Å². The van der Waals surface area contributed by atoms with Gasteiger partial charge >= 0.3 is 0 Å². The van der Waals surface area contributed by atoms with Crippen LogP contribution in [0.1, 0.15) is 30.9 Å². The second-order valence-electron chi connectivity index (χ2n) is 6.22. The van der Waals surface area contributed by atoms with Crippen molar-refractivity contribution in [3.63, 3.8) is 0 Å². The van der Waals surface area contributed by atoms with Crippen LogP contribution in [-0.2, 0) is 0 Å². The highest BCUT2D eigenvalue weighted by molar-refractivity contribution is 5.39. The minimum Gasteiger partial charge on any atom is -0.387 e. The van der Waals surface area contributed by atoms with E-state index >= 15 is 0 Å². The first kappa shape index (κ1) is 13.7. The number of hydrogen-bond acceptors (Lipinski definition) is 5. The molecule has 0 radical (unpaired) electrons. The Morgan fingerprint density at radius 1 is 1.45 bits per heavy atom. The summed E-state index contributed by atoms with van der Waals surface area (Å²) in [6, 6.07) is 6.79. The van der Waals surface area contributed by atoms with Crippen LogP contribution in [0.3, 0.4) is 0 Å². The van der Waals surface area contributed by atoms with Gasteiger partial charge in [-0.25, -0.2) is 0 Å². The largest absolute Gasteiger partial charge is 0.387 e. The first-order chi connectivity index (χ1) is 9.60. The summed E-state index contributed by atoms with van der Waals surface area (Å²) in [4.78, 5) is 12.6. The number of hydrogen-bond donors (Lipinski definition) is 2. The van der Waals surface area contributed by atoms with Crippen LogP contribution < -0.4 is 5.73 Å². The fraction of sp³-hybridized carbons (Fsp3) is 0.600. The number of β-amino-alcohol motifs (C(OH)–C–C–N with tert-alkyl or cyclic N) is 1. The van der Waals surface area contributed by atoms with Gasteiger partial charge in [0.1, 0.15) is 5.69 Å². The molecule has 1 saturated carbocycles. The number of aliphatic hydroxyl groups is 1. The van der Waals surface area contributed by atoms with E-state index in [0.717, 1.165) is 25.1 Å². The van der Waals surface area contributed by atoms with Crippen molar-refractivity contribution in [3.05, 3.63) is 34.7 Å². The maximum Gasteiger partial charge on any atom is 0.108 e. The lowest BCUT2D eigenvalue weighted by Gasteiger charge is -2.24. The van der Waals surface area contributed by atoms with Crippen molar-refractivity contribution in [1.29, 1.82) is 0 Å². The molecule has 108 valence electrons. The van der Waals surface area contributed by atoms with Crippen LogP contribution in [0.15, 0.2) is 29.4 Å². The summed E-state index contributed by atoms with van der Waals surface area (Å²) in [5, 5.41) is 13.2. The number of nitroso groups, excluding NO2 is 1. The van der Waals surface area contributed by atoms with E-state index in [9.17, 15) is 10.0 Å². The SMILES string of the molecule is N[C@]12CCC[C@H]1CN(C[C@H](O)c1ccc(N=O)cc1)C2. The number of likely N-dealkylation sites (tertiary alicyclic amines) is 1. The first-order valence-corrected chi connectivity index (χ1v) is 7.23. The monoisotopic (exact) mass is 275 g/mol. The van der Waals surface area contributed by atoms with E-state index in [1.54, 1.807) is 24.3 Å². The molecule has 1 saturated heterocycles. The fourth-order valence-corrected chi connectivity index (χ4v) is 3.69. The number of nitrogens with two attached hydrogens (primary N) is 1. The average Bonchev–Trinajstić information content (AvgIpc) is 2.93. The summed E-state index contributed by atoms with van der Waals surface area (Å²) in [7, 11) is 0. The van der Waals surface area contributed by atoms with Crippen molar-refractivity contribution in [2.24, 2.45) is 16.8 Å². The second kappa shape index (κ2) is 5.24. The molecule has 1 aliphatic carbocycles. The maximum atomic E-state index is 10.4. The summed E-state index contributed by atoms with van der Waals surface area (Å²) in [6.45, 7) is 2.47. The molecule has 3 N–H and O–H groups in total. The van der Waals surface area contributed by atoms with Crippen molar-refractivity contribution >= 4 is 5.69 Å². The first-order valence-electron chi connectivity index (χ1n) is 7.23. The highest BCUT2D eigenvalue weighted by Crippen LogP contribution is 2.40. The van der Waals surface area contributed by atoms with Gasteiger partial charge in [-0.3, -0.25) is 4.90 Å². The van der Waals surface area contributed by atoms with Crippen LogP contribution in [0.2, 0.25) is 0 Å². The lowest BCUT2D eigenvalue weighted by atomic mass is 9.92. The van der Waals surface area contributed by atoms with Crippen LogP contribution in [0.5, 0.6) is 0 Å². The molecular formula is C15H21N3O2. The molecule has 0 amide bonds. The lowest BCUT2D eigenvalue weighted by molar-refractivity contribution is 0.121. The Morgan fingerprint density at radius 2 is 2.20 bits per heavy atom. The Hall–Kier alpha value is -1.30.